The molecule has 0 radical (unpaired) electrons. The maximum absolute atomic E-state index is 5.33. The van der Waals surface area contributed by atoms with Gasteiger partial charge in [0, 0.05) is 28.8 Å². The van der Waals surface area contributed by atoms with Gasteiger partial charge in [-0.3, -0.25) is 0 Å². The molecule has 0 amide bonds. The van der Waals surface area contributed by atoms with E-state index < -0.39 is 0 Å². The Labute approximate surface area is 137 Å². The molecule has 2 unspecified atom stereocenters. The van der Waals surface area contributed by atoms with Crippen molar-refractivity contribution < 1.29 is 4.74 Å². The van der Waals surface area contributed by atoms with E-state index in [1.165, 1.54) is 38.9 Å². The topological polar surface area (TPSA) is 24.5 Å². The Kier molecular flexibility index (Phi) is 6.37. The molecule has 1 saturated heterocycles. The summed E-state index contributed by atoms with van der Waals surface area (Å²) in [6.45, 7) is 8.27. The number of hydrogen-bond acceptors (Lipinski definition) is 3. The van der Waals surface area contributed by atoms with Crippen LogP contribution in [0.4, 0.5) is 5.69 Å². The van der Waals surface area contributed by atoms with Crippen molar-refractivity contribution in [2.24, 2.45) is 5.92 Å². The normalized spacial score (nSPS) is 21.0. The molecule has 4 heteroatoms. The van der Waals surface area contributed by atoms with Crippen LogP contribution in [-0.2, 0) is 0 Å². The van der Waals surface area contributed by atoms with E-state index in [0.717, 1.165) is 21.8 Å². The first kappa shape index (κ1) is 16.6. The smallest absolute Gasteiger partial charge is 0.122 e. The number of ether oxygens (including phenoxy) is 1. The molecule has 1 heterocycles. The molecule has 1 N–H and O–H groups in total. The Bertz CT molecular complexity index is 450. The first-order valence-electron chi connectivity index (χ1n) is 7.96. The summed E-state index contributed by atoms with van der Waals surface area (Å²) in [5, 5.41) is 3.65. The van der Waals surface area contributed by atoms with Gasteiger partial charge in [0.05, 0.1) is 7.11 Å². The fourth-order valence-corrected chi connectivity index (χ4v) is 3.64. The van der Waals surface area contributed by atoms with E-state index >= 15 is 0 Å². The number of nitrogens with one attached hydrogen (secondary N) is 1. The molecule has 2 rings (SSSR count). The van der Waals surface area contributed by atoms with Crippen molar-refractivity contribution in [3.05, 3.63) is 22.7 Å². The van der Waals surface area contributed by atoms with Crippen LogP contribution in [0, 0.1) is 5.92 Å². The number of benzene rings is 1. The van der Waals surface area contributed by atoms with E-state index in [2.05, 4.69) is 52.1 Å². The SMILES string of the molecule is CCCN1CCCC(C(C)Nc2cc(Br)cc(OC)c2)C1. The Balaban J connectivity index is 1.97. The van der Waals surface area contributed by atoms with Gasteiger partial charge in [0.2, 0.25) is 0 Å². The van der Waals surface area contributed by atoms with Crippen molar-refractivity contribution >= 4 is 21.6 Å². The van der Waals surface area contributed by atoms with E-state index in [9.17, 15) is 0 Å². The van der Waals surface area contributed by atoms with Gasteiger partial charge in [-0.15, -0.1) is 0 Å². The first-order valence-corrected chi connectivity index (χ1v) is 8.75. The molecule has 0 aliphatic carbocycles. The van der Waals surface area contributed by atoms with Gasteiger partial charge in [0.15, 0.2) is 0 Å². The van der Waals surface area contributed by atoms with Gasteiger partial charge in [0.25, 0.3) is 0 Å². The van der Waals surface area contributed by atoms with Crippen LogP contribution < -0.4 is 10.1 Å². The van der Waals surface area contributed by atoms with E-state index in [-0.39, 0.29) is 0 Å². The number of methoxy groups -OCH3 is 1. The lowest BCUT2D eigenvalue weighted by Crippen LogP contribution is -2.42. The number of halogens is 1. The summed E-state index contributed by atoms with van der Waals surface area (Å²) >= 11 is 3.54. The van der Waals surface area contributed by atoms with Crippen LogP contribution in [0.3, 0.4) is 0 Å². The molecule has 0 saturated carbocycles. The van der Waals surface area contributed by atoms with Crippen molar-refractivity contribution in [3.8, 4) is 5.75 Å². The van der Waals surface area contributed by atoms with Crippen molar-refractivity contribution in [2.75, 3.05) is 32.1 Å². The molecule has 0 aromatic heterocycles. The summed E-state index contributed by atoms with van der Waals surface area (Å²) in [7, 11) is 1.71. The summed E-state index contributed by atoms with van der Waals surface area (Å²) in [5.41, 5.74) is 1.13. The number of rotatable bonds is 6. The minimum absolute atomic E-state index is 0.476. The van der Waals surface area contributed by atoms with Crippen molar-refractivity contribution in [3.63, 3.8) is 0 Å². The number of piperidine rings is 1. The van der Waals surface area contributed by atoms with Crippen LogP contribution in [0.15, 0.2) is 22.7 Å². The maximum Gasteiger partial charge on any atom is 0.122 e. The van der Waals surface area contributed by atoms with Crippen LogP contribution in [-0.4, -0.2) is 37.7 Å². The maximum atomic E-state index is 5.33. The van der Waals surface area contributed by atoms with Crippen LogP contribution in [0.5, 0.6) is 5.75 Å². The van der Waals surface area contributed by atoms with Gasteiger partial charge in [-0.1, -0.05) is 22.9 Å². The van der Waals surface area contributed by atoms with Gasteiger partial charge in [0.1, 0.15) is 5.75 Å². The molecule has 1 aliphatic rings. The molecule has 1 aromatic carbocycles. The van der Waals surface area contributed by atoms with Gasteiger partial charge < -0.3 is 15.0 Å². The zero-order chi connectivity index (χ0) is 15.2. The minimum atomic E-state index is 0.476. The Morgan fingerprint density at radius 1 is 1.43 bits per heavy atom. The van der Waals surface area contributed by atoms with E-state index in [1.54, 1.807) is 7.11 Å². The summed E-state index contributed by atoms with van der Waals surface area (Å²) in [6.07, 6.45) is 3.88. The summed E-state index contributed by atoms with van der Waals surface area (Å²) < 4.78 is 6.38. The average molecular weight is 355 g/mol. The predicted octanol–water partition coefficient (Wildman–Crippen LogP) is 4.38. The highest BCUT2D eigenvalue weighted by Crippen LogP contribution is 2.27. The lowest BCUT2D eigenvalue weighted by Gasteiger charge is -2.36. The van der Waals surface area contributed by atoms with Gasteiger partial charge in [-0.2, -0.15) is 0 Å². The van der Waals surface area contributed by atoms with Crippen molar-refractivity contribution in [2.45, 2.75) is 39.2 Å². The van der Waals surface area contributed by atoms with Crippen LogP contribution >= 0.6 is 15.9 Å². The molecule has 2 atom stereocenters. The molecule has 0 bridgehead atoms. The standard InChI is InChI=1S/C17H27BrN2O/c1-4-7-20-8-5-6-14(12-20)13(2)19-16-9-15(18)10-17(11-16)21-3/h9-11,13-14,19H,4-8,12H2,1-3H3. The number of likely N-dealkylation sites (tertiary alicyclic amines) is 1. The molecule has 1 aromatic rings. The largest absolute Gasteiger partial charge is 0.497 e. The van der Waals surface area contributed by atoms with Gasteiger partial charge in [-0.25, -0.2) is 0 Å². The lowest BCUT2D eigenvalue weighted by atomic mass is 9.91. The first-order chi connectivity index (χ1) is 10.1. The zero-order valence-corrected chi connectivity index (χ0v) is 14.9. The van der Waals surface area contributed by atoms with Crippen LogP contribution in [0.25, 0.3) is 0 Å². The lowest BCUT2D eigenvalue weighted by molar-refractivity contribution is 0.165. The fraction of sp³-hybridized carbons (Fsp3) is 0.647. The van der Waals surface area contributed by atoms with Crippen LogP contribution in [0.2, 0.25) is 0 Å². The molecule has 1 fully saturated rings. The fourth-order valence-electron chi connectivity index (χ4n) is 3.16. The number of nitrogens with zero attached hydrogens (tertiary/aromatic N) is 1. The molecule has 3 nitrogen and oxygen atoms in total. The van der Waals surface area contributed by atoms with E-state index in [0.29, 0.717) is 6.04 Å². The summed E-state index contributed by atoms with van der Waals surface area (Å²) in [6, 6.07) is 6.64. The molecule has 21 heavy (non-hydrogen) atoms. The third kappa shape index (κ3) is 4.89. The summed E-state index contributed by atoms with van der Waals surface area (Å²) in [4.78, 5) is 2.60. The van der Waals surface area contributed by atoms with E-state index in [4.69, 9.17) is 4.74 Å². The molecular weight excluding hydrogens is 328 g/mol. The molecule has 0 spiro atoms. The highest BCUT2D eigenvalue weighted by atomic mass is 79.9. The number of hydrogen-bond donors (Lipinski definition) is 1. The summed E-state index contributed by atoms with van der Waals surface area (Å²) in [5.74, 6) is 1.60. The predicted molar refractivity (Wildman–Crippen MR) is 93.2 cm³/mol. The number of anilines is 1. The highest BCUT2D eigenvalue weighted by molar-refractivity contribution is 9.10. The third-order valence-corrected chi connectivity index (χ3v) is 4.75. The minimum Gasteiger partial charge on any atom is -0.497 e. The average Bonchev–Trinajstić information content (AvgIpc) is 2.47. The Hall–Kier alpha value is -0.740. The zero-order valence-electron chi connectivity index (χ0n) is 13.4. The quantitative estimate of drug-likeness (QED) is 0.820. The van der Waals surface area contributed by atoms with Gasteiger partial charge >= 0.3 is 0 Å². The molecule has 118 valence electrons. The highest BCUT2D eigenvalue weighted by Gasteiger charge is 2.24. The van der Waals surface area contributed by atoms with Gasteiger partial charge in [-0.05, 0) is 57.3 Å². The second-order valence-corrected chi connectivity index (χ2v) is 6.93. The van der Waals surface area contributed by atoms with Crippen molar-refractivity contribution in [1.82, 2.24) is 4.90 Å². The molecule has 1 aliphatic heterocycles. The van der Waals surface area contributed by atoms with Crippen molar-refractivity contribution in [1.29, 1.82) is 0 Å². The Morgan fingerprint density at radius 3 is 2.95 bits per heavy atom. The Morgan fingerprint density at radius 2 is 2.24 bits per heavy atom. The van der Waals surface area contributed by atoms with Crippen LogP contribution in [0.1, 0.15) is 33.1 Å². The second-order valence-electron chi connectivity index (χ2n) is 6.02. The van der Waals surface area contributed by atoms with E-state index in [1.807, 2.05) is 6.07 Å². The third-order valence-electron chi connectivity index (χ3n) is 4.29. The monoisotopic (exact) mass is 354 g/mol. The molecular formula is C17H27BrN2O. The second kappa shape index (κ2) is 8.04.